The van der Waals surface area contributed by atoms with Crippen molar-refractivity contribution in [2.24, 2.45) is 0 Å². The van der Waals surface area contributed by atoms with Gasteiger partial charge in [0, 0.05) is 18.2 Å². The number of carboxylic acids is 1. The van der Waals surface area contributed by atoms with Crippen molar-refractivity contribution in [3.05, 3.63) is 23.0 Å². The maximum Gasteiger partial charge on any atom is 0.352 e. The van der Waals surface area contributed by atoms with Crippen molar-refractivity contribution < 1.29 is 33.5 Å². The monoisotopic (exact) mass is 410 g/mol. The van der Waals surface area contributed by atoms with E-state index < -0.39 is 41.1 Å². The lowest BCUT2D eigenvalue weighted by molar-refractivity contribution is -0.151. The van der Waals surface area contributed by atoms with E-state index in [0.29, 0.717) is 11.4 Å². The van der Waals surface area contributed by atoms with E-state index in [1.807, 2.05) is 0 Å². The lowest BCUT2D eigenvalue weighted by Crippen LogP contribution is -2.70. The van der Waals surface area contributed by atoms with Gasteiger partial charge in [-0.3, -0.25) is 19.3 Å². The molecule has 3 atom stereocenters. The molecule has 1 aromatic heterocycles. The number of ether oxygens (including phenoxy) is 1. The number of aryl methyl sites for hydroxylation is 1. The van der Waals surface area contributed by atoms with Crippen molar-refractivity contribution in [1.29, 1.82) is 0 Å². The van der Waals surface area contributed by atoms with Crippen LogP contribution >= 0.6 is 11.8 Å². The van der Waals surface area contributed by atoms with Crippen LogP contribution in [0.4, 0.5) is 0 Å². The summed E-state index contributed by atoms with van der Waals surface area (Å²) in [5.74, 6) is -2.84. The molecule has 2 aliphatic rings. The van der Waals surface area contributed by atoms with Gasteiger partial charge in [-0.1, -0.05) is 5.16 Å². The number of carboxylic acid groups (broad SMARTS) is 1. The van der Waals surface area contributed by atoms with E-state index in [1.165, 1.54) is 18.7 Å². The molecule has 150 valence electrons. The molecule has 12 heteroatoms. The van der Waals surface area contributed by atoms with Gasteiger partial charge in [0.15, 0.2) is 5.82 Å². The van der Waals surface area contributed by atoms with Crippen molar-refractivity contribution in [3.8, 4) is 0 Å². The van der Waals surface area contributed by atoms with Crippen LogP contribution in [0.3, 0.4) is 0 Å². The highest BCUT2D eigenvalue weighted by Crippen LogP contribution is 2.40. The number of fused-ring (bicyclic) bond motifs is 1. The third kappa shape index (κ3) is 3.59. The lowest BCUT2D eigenvalue weighted by atomic mass is 10.0. The van der Waals surface area contributed by atoms with Gasteiger partial charge in [-0.2, -0.15) is 4.98 Å². The summed E-state index contributed by atoms with van der Waals surface area (Å²) < 4.78 is 9.85. The second-order valence-corrected chi connectivity index (χ2v) is 7.44. The highest BCUT2D eigenvalue weighted by Gasteiger charge is 2.54. The molecule has 3 rings (SSSR count). The molecule has 0 radical (unpaired) electrons. The number of amides is 2. The van der Waals surface area contributed by atoms with E-state index in [9.17, 15) is 24.3 Å². The van der Waals surface area contributed by atoms with Gasteiger partial charge in [0.05, 0.1) is 0 Å². The van der Waals surface area contributed by atoms with Crippen molar-refractivity contribution in [3.63, 3.8) is 0 Å². The van der Waals surface area contributed by atoms with E-state index in [1.54, 1.807) is 13.8 Å². The molecule has 1 aromatic rings. The summed E-state index contributed by atoms with van der Waals surface area (Å²) in [5, 5.41) is 15.2. The normalized spacial score (nSPS) is 22.2. The number of carbonyl (C=O) groups is 4. The molecule has 28 heavy (non-hydrogen) atoms. The first-order valence-electron chi connectivity index (χ1n) is 8.34. The Labute approximate surface area is 163 Å². The van der Waals surface area contributed by atoms with Gasteiger partial charge in [-0.25, -0.2) is 4.79 Å². The van der Waals surface area contributed by atoms with Gasteiger partial charge in [0.1, 0.15) is 29.6 Å². The minimum Gasteiger partial charge on any atom is -0.477 e. The van der Waals surface area contributed by atoms with Crippen LogP contribution in [0, 0.1) is 6.92 Å². The molecule has 0 saturated carbocycles. The Morgan fingerprint density at radius 1 is 1.46 bits per heavy atom. The summed E-state index contributed by atoms with van der Waals surface area (Å²) in [5.41, 5.74) is 0.123. The van der Waals surface area contributed by atoms with E-state index in [2.05, 4.69) is 15.5 Å². The molecule has 3 heterocycles. The quantitative estimate of drug-likeness (QED) is 0.475. The highest BCUT2D eigenvalue weighted by molar-refractivity contribution is 8.00. The number of hydrogen-bond donors (Lipinski definition) is 2. The van der Waals surface area contributed by atoms with Crippen molar-refractivity contribution in [2.75, 3.05) is 12.4 Å². The van der Waals surface area contributed by atoms with Crippen LogP contribution in [0.15, 0.2) is 15.8 Å². The van der Waals surface area contributed by atoms with Crippen LogP contribution in [0.2, 0.25) is 0 Å². The van der Waals surface area contributed by atoms with Gasteiger partial charge >= 0.3 is 11.9 Å². The number of nitrogens with zero attached hydrogens (tertiary/aromatic N) is 3. The van der Waals surface area contributed by atoms with E-state index in [-0.39, 0.29) is 23.9 Å². The average molecular weight is 410 g/mol. The first-order valence-corrected chi connectivity index (χ1v) is 9.39. The Balaban J connectivity index is 1.72. The number of hydrogen-bond acceptors (Lipinski definition) is 9. The van der Waals surface area contributed by atoms with E-state index in [0.717, 1.165) is 4.90 Å². The van der Waals surface area contributed by atoms with Crippen molar-refractivity contribution in [1.82, 2.24) is 20.4 Å². The average Bonchev–Trinajstić information content (AvgIpc) is 3.08. The summed E-state index contributed by atoms with van der Waals surface area (Å²) in [4.78, 5) is 52.7. The lowest BCUT2D eigenvalue weighted by Gasteiger charge is -2.49. The zero-order chi connectivity index (χ0) is 20.6. The number of rotatable bonds is 6. The molecule has 2 N–H and O–H groups in total. The Kier molecular flexibility index (Phi) is 5.40. The fraction of sp³-hybridized carbons (Fsp3) is 0.500. The number of aliphatic carboxylic acids is 1. The van der Waals surface area contributed by atoms with Gasteiger partial charge in [0.2, 0.25) is 11.8 Å². The molecular formula is C16H18N4O7S. The van der Waals surface area contributed by atoms with Crippen LogP contribution in [0.25, 0.3) is 0 Å². The molecule has 0 aromatic carbocycles. The number of β-lactam (4-membered cyclic amide) rings is 1. The van der Waals surface area contributed by atoms with Gasteiger partial charge in [0.25, 0.3) is 5.91 Å². The SMILES string of the molecule is CC(=O)OCC1=C(C(=O)O)N2C(=O)[C@@H](NC(=O)C(C)c3nc(C)no3)[C@H]2SC1. The zero-order valence-corrected chi connectivity index (χ0v) is 16.1. The third-order valence-electron chi connectivity index (χ3n) is 4.30. The fourth-order valence-corrected chi connectivity index (χ4v) is 4.19. The molecule has 2 amide bonds. The number of aromatic nitrogens is 2. The van der Waals surface area contributed by atoms with Gasteiger partial charge in [-0.05, 0) is 13.8 Å². The summed E-state index contributed by atoms with van der Waals surface area (Å²) >= 11 is 1.29. The summed E-state index contributed by atoms with van der Waals surface area (Å²) in [6.45, 7) is 4.20. The topological polar surface area (TPSA) is 152 Å². The van der Waals surface area contributed by atoms with Crippen LogP contribution in [-0.4, -0.2) is 67.7 Å². The second kappa shape index (κ2) is 7.62. The summed E-state index contributed by atoms with van der Waals surface area (Å²) in [6, 6.07) is -0.867. The molecule has 1 unspecified atom stereocenters. The number of thioether (sulfide) groups is 1. The number of carbonyl (C=O) groups excluding carboxylic acids is 3. The maximum absolute atomic E-state index is 12.5. The van der Waals surface area contributed by atoms with E-state index in [4.69, 9.17) is 9.26 Å². The minimum absolute atomic E-state index is 0.129. The Morgan fingerprint density at radius 2 is 2.18 bits per heavy atom. The van der Waals surface area contributed by atoms with E-state index >= 15 is 0 Å². The van der Waals surface area contributed by atoms with Gasteiger partial charge in [-0.15, -0.1) is 11.8 Å². The maximum atomic E-state index is 12.5. The Morgan fingerprint density at radius 3 is 2.75 bits per heavy atom. The molecule has 0 spiro atoms. The standard InChI is InChI=1S/C16H18N4O7S/c1-6(13-17-7(2)19-27-13)12(22)18-10-14(23)20-11(16(24)25)9(4-26-8(3)21)5-28-15(10)20/h6,10,15H,4-5H2,1-3H3,(H,18,22)(H,24,25)/t6?,10-,15-/m1/s1. The molecule has 0 aliphatic carbocycles. The number of nitrogens with one attached hydrogen (secondary N) is 1. The smallest absolute Gasteiger partial charge is 0.352 e. The van der Waals surface area contributed by atoms with Crippen LogP contribution in [0.5, 0.6) is 0 Å². The predicted molar refractivity (Wildman–Crippen MR) is 93.8 cm³/mol. The summed E-state index contributed by atoms with van der Waals surface area (Å²) in [6.07, 6.45) is 0. The molecule has 2 aliphatic heterocycles. The first kappa shape index (κ1) is 19.9. The molecule has 11 nitrogen and oxygen atoms in total. The molecular weight excluding hydrogens is 392 g/mol. The first-order chi connectivity index (χ1) is 13.2. The largest absolute Gasteiger partial charge is 0.477 e. The summed E-state index contributed by atoms with van der Waals surface area (Å²) in [7, 11) is 0. The third-order valence-corrected chi connectivity index (χ3v) is 5.64. The van der Waals surface area contributed by atoms with Crippen LogP contribution in [0.1, 0.15) is 31.5 Å². The van der Waals surface area contributed by atoms with Crippen LogP contribution in [-0.2, 0) is 23.9 Å². The number of esters is 1. The fourth-order valence-electron chi connectivity index (χ4n) is 2.86. The Bertz CT molecular complexity index is 880. The van der Waals surface area contributed by atoms with Crippen molar-refractivity contribution in [2.45, 2.75) is 38.1 Å². The molecule has 1 saturated heterocycles. The van der Waals surface area contributed by atoms with Crippen molar-refractivity contribution >= 4 is 35.5 Å². The Hall–Kier alpha value is -2.89. The zero-order valence-electron chi connectivity index (χ0n) is 15.3. The van der Waals surface area contributed by atoms with Crippen LogP contribution < -0.4 is 5.32 Å². The molecule has 0 bridgehead atoms. The molecule has 1 fully saturated rings. The predicted octanol–water partition coefficient (Wildman–Crippen LogP) is -0.217. The van der Waals surface area contributed by atoms with Gasteiger partial charge < -0.3 is 19.7 Å². The minimum atomic E-state index is -1.29. The highest BCUT2D eigenvalue weighted by atomic mass is 32.2. The second-order valence-electron chi connectivity index (χ2n) is 6.34.